The molecular weight excluding hydrogens is 880 g/mol. The standard InChI is InChI=1S/C44H36O22/c45-18-9-21(46)19(22(47)10-18)11-33(65-43(62)16-5-28(53)40(60)29(54)6-16)35(14-1-24(49)38(58)25(50)2-14)36-23(48)13-32-20(37(36)57)12-34(42(64-32)15-3-26(51)39(59)27(52)4-15)66-44(63)17-7-30(55)41(61)31(56)8-17/h1-10,13,33-35,42,45-61H,11-12H2/t33-,34-,35-,42-/m1/s1. The van der Waals surface area contributed by atoms with Crippen molar-refractivity contribution in [1.82, 2.24) is 0 Å². The Morgan fingerprint density at radius 2 is 0.955 bits per heavy atom. The van der Waals surface area contributed by atoms with Gasteiger partial charge in [-0.1, -0.05) is 0 Å². The van der Waals surface area contributed by atoms with Gasteiger partial charge < -0.3 is 101 Å². The number of hydrogen-bond donors (Lipinski definition) is 17. The molecule has 0 saturated carbocycles. The number of rotatable bonds is 10. The summed E-state index contributed by atoms with van der Waals surface area (Å²) in [6, 6.07) is 8.71. The SMILES string of the molecule is O=C(O[C@H](Cc1c(O)cc(O)cc1O)[C@@H](c1cc(O)c(O)c(O)c1)c1c(O)cc2c(c1O)C[C@@H](OC(=O)c1cc(O)c(O)c(O)c1)[C@@H](c1cc(O)c(O)c(O)c1)O2)c1cc(O)c(O)c(O)c1. The van der Waals surface area contributed by atoms with Gasteiger partial charge in [-0.25, -0.2) is 9.59 Å². The molecule has 0 aliphatic carbocycles. The zero-order chi connectivity index (χ0) is 48.2. The van der Waals surface area contributed by atoms with Crippen molar-refractivity contribution < 1.29 is 111 Å². The Morgan fingerprint density at radius 3 is 1.44 bits per heavy atom. The second-order valence-electron chi connectivity index (χ2n) is 15.0. The van der Waals surface area contributed by atoms with Gasteiger partial charge in [0.15, 0.2) is 75.1 Å². The molecule has 6 aromatic carbocycles. The number of aromatic hydroxyl groups is 17. The molecule has 7 rings (SSSR count). The Kier molecular flexibility index (Phi) is 11.3. The number of carbonyl (C=O) groups excluding carboxylic acids is 2. The lowest BCUT2D eigenvalue weighted by Crippen LogP contribution is -2.35. The minimum Gasteiger partial charge on any atom is -0.508 e. The van der Waals surface area contributed by atoms with Gasteiger partial charge in [-0.3, -0.25) is 0 Å². The van der Waals surface area contributed by atoms with Crippen LogP contribution < -0.4 is 4.74 Å². The molecule has 0 aromatic heterocycles. The van der Waals surface area contributed by atoms with Gasteiger partial charge in [0.25, 0.3) is 0 Å². The molecule has 0 spiro atoms. The van der Waals surface area contributed by atoms with E-state index in [1.807, 2.05) is 0 Å². The third kappa shape index (κ3) is 8.19. The Hall–Kier alpha value is -9.34. The van der Waals surface area contributed by atoms with E-state index < -0.39 is 169 Å². The number of hydrogen-bond acceptors (Lipinski definition) is 22. The van der Waals surface area contributed by atoms with Gasteiger partial charge in [0.1, 0.15) is 46.7 Å². The number of esters is 2. The molecule has 1 aliphatic heterocycles. The lowest BCUT2D eigenvalue weighted by Gasteiger charge is -2.36. The van der Waals surface area contributed by atoms with Gasteiger partial charge in [-0.15, -0.1) is 0 Å². The lowest BCUT2D eigenvalue weighted by atomic mass is 9.80. The van der Waals surface area contributed by atoms with Crippen molar-refractivity contribution in [3.63, 3.8) is 0 Å². The van der Waals surface area contributed by atoms with Crippen molar-refractivity contribution in [3.8, 4) is 103 Å². The molecule has 0 fully saturated rings. The van der Waals surface area contributed by atoms with Crippen molar-refractivity contribution >= 4 is 11.9 Å². The molecule has 4 atom stereocenters. The van der Waals surface area contributed by atoms with Crippen LogP contribution in [0.3, 0.4) is 0 Å². The molecule has 0 saturated heterocycles. The fraction of sp³-hybridized carbons (Fsp3) is 0.136. The van der Waals surface area contributed by atoms with Crippen LogP contribution in [0.15, 0.2) is 66.7 Å². The predicted molar refractivity (Wildman–Crippen MR) is 218 cm³/mol. The highest BCUT2D eigenvalue weighted by Crippen LogP contribution is 2.53. The highest BCUT2D eigenvalue weighted by Gasteiger charge is 2.42. The number of fused-ring (bicyclic) bond motifs is 1. The largest absolute Gasteiger partial charge is 0.508 e. The maximum absolute atomic E-state index is 13.9. The predicted octanol–water partition coefficient (Wildman–Crippen LogP) is 4.18. The smallest absolute Gasteiger partial charge is 0.338 e. The summed E-state index contributed by atoms with van der Waals surface area (Å²) >= 11 is 0. The van der Waals surface area contributed by atoms with E-state index in [4.69, 9.17) is 14.2 Å². The van der Waals surface area contributed by atoms with Crippen molar-refractivity contribution in [1.29, 1.82) is 0 Å². The Morgan fingerprint density at radius 1 is 0.515 bits per heavy atom. The van der Waals surface area contributed by atoms with E-state index >= 15 is 0 Å². The number of phenols is 17. The topological polar surface area (TPSA) is 406 Å². The fourth-order valence-corrected chi connectivity index (χ4v) is 7.49. The molecule has 1 heterocycles. The van der Waals surface area contributed by atoms with Crippen LogP contribution in [-0.4, -0.2) is 111 Å². The first-order chi connectivity index (χ1) is 31.0. The number of benzene rings is 6. The van der Waals surface area contributed by atoms with Crippen LogP contribution in [0.1, 0.15) is 60.6 Å². The average molecular weight is 917 g/mol. The van der Waals surface area contributed by atoms with Crippen LogP contribution in [0, 0.1) is 0 Å². The summed E-state index contributed by atoms with van der Waals surface area (Å²) in [7, 11) is 0. The molecular formula is C44H36O22. The highest BCUT2D eigenvalue weighted by atomic mass is 16.6. The second-order valence-corrected chi connectivity index (χ2v) is 15.0. The molecule has 0 amide bonds. The maximum Gasteiger partial charge on any atom is 0.338 e. The molecule has 17 N–H and O–H groups in total. The van der Waals surface area contributed by atoms with E-state index in [9.17, 15) is 96.4 Å². The van der Waals surface area contributed by atoms with E-state index in [0.717, 1.165) is 54.6 Å². The number of phenolic OH excluding ortho intramolecular Hbond substituents is 17. The molecule has 344 valence electrons. The Labute approximate surface area is 368 Å². The first-order valence-electron chi connectivity index (χ1n) is 18.9. The van der Waals surface area contributed by atoms with Crippen LogP contribution >= 0.6 is 0 Å². The average Bonchev–Trinajstić information content (AvgIpc) is 3.24. The van der Waals surface area contributed by atoms with Crippen LogP contribution in [-0.2, 0) is 22.3 Å². The van der Waals surface area contributed by atoms with E-state index in [0.29, 0.717) is 12.1 Å². The summed E-state index contributed by atoms with van der Waals surface area (Å²) in [6.07, 6.45) is -6.72. The van der Waals surface area contributed by atoms with E-state index in [-0.39, 0.29) is 22.4 Å². The van der Waals surface area contributed by atoms with Gasteiger partial charge in [0, 0.05) is 53.3 Å². The summed E-state index contributed by atoms with van der Waals surface area (Å²) in [5, 5.41) is 179. The van der Waals surface area contributed by atoms with Crippen molar-refractivity contribution in [3.05, 3.63) is 106 Å². The fourth-order valence-electron chi connectivity index (χ4n) is 7.49. The molecule has 22 heteroatoms. The van der Waals surface area contributed by atoms with Gasteiger partial charge in [0.05, 0.1) is 17.0 Å². The molecule has 22 nitrogen and oxygen atoms in total. The first-order valence-corrected chi connectivity index (χ1v) is 18.9. The lowest BCUT2D eigenvalue weighted by molar-refractivity contribution is -0.0190. The normalized spacial score (nSPS) is 15.2. The highest BCUT2D eigenvalue weighted by molar-refractivity contribution is 5.92. The molecule has 0 unspecified atom stereocenters. The summed E-state index contributed by atoms with van der Waals surface area (Å²) in [4.78, 5) is 27.5. The Bertz CT molecular complexity index is 2850. The van der Waals surface area contributed by atoms with Crippen LogP contribution in [0.5, 0.6) is 103 Å². The van der Waals surface area contributed by atoms with Crippen molar-refractivity contribution in [2.24, 2.45) is 0 Å². The van der Waals surface area contributed by atoms with Gasteiger partial charge >= 0.3 is 11.9 Å². The molecule has 0 bridgehead atoms. The minimum atomic E-state index is -1.99. The summed E-state index contributed by atoms with van der Waals surface area (Å²) in [6.45, 7) is 0. The zero-order valence-corrected chi connectivity index (χ0v) is 33.2. The van der Waals surface area contributed by atoms with E-state index in [1.54, 1.807) is 0 Å². The van der Waals surface area contributed by atoms with E-state index in [2.05, 4.69) is 0 Å². The first kappa shape index (κ1) is 44.7. The van der Waals surface area contributed by atoms with Gasteiger partial charge in [0.2, 0.25) is 0 Å². The third-order valence-corrected chi connectivity index (χ3v) is 10.7. The summed E-state index contributed by atoms with van der Waals surface area (Å²) in [5.41, 5.74) is -3.18. The molecule has 6 aromatic rings. The van der Waals surface area contributed by atoms with Crippen LogP contribution in [0.25, 0.3) is 0 Å². The zero-order valence-electron chi connectivity index (χ0n) is 33.2. The van der Waals surface area contributed by atoms with Gasteiger partial charge in [-0.2, -0.15) is 0 Å². The molecule has 66 heavy (non-hydrogen) atoms. The molecule has 0 radical (unpaired) electrons. The quantitative estimate of drug-likeness (QED) is 0.0676. The van der Waals surface area contributed by atoms with Crippen molar-refractivity contribution in [2.45, 2.75) is 37.1 Å². The Balaban J connectivity index is 1.43. The maximum atomic E-state index is 13.9. The van der Waals surface area contributed by atoms with Crippen LogP contribution in [0.2, 0.25) is 0 Å². The van der Waals surface area contributed by atoms with E-state index in [1.165, 1.54) is 0 Å². The number of ether oxygens (including phenoxy) is 3. The minimum absolute atomic E-state index is 0.176. The summed E-state index contributed by atoms with van der Waals surface area (Å²) in [5.74, 6) is -20.8. The summed E-state index contributed by atoms with van der Waals surface area (Å²) < 4.78 is 17.6. The monoisotopic (exact) mass is 916 g/mol. The van der Waals surface area contributed by atoms with Crippen LogP contribution in [0.4, 0.5) is 0 Å². The number of carbonyl (C=O) groups is 2. The van der Waals surface area contributed by atoms with Crippen molar-refractivity contribution in [2.75, 3.05) is 0 Å². The second kappa shape index (κ2) is 16.7. The van der Waals surface area contributed by atoms with Gasteiger partial charge in [-0.05, 0) is 54.1 Å². The molecule has 1 aliphatic rings. The third-order valence-electron chi connectivity index (χ3n) is 10.7.